The third kappa shape index (κ3) is 6.32. The molecule has 0 aromatic carbocycles. The lowest BCUT2D eigenvalue weighted by molar-refractivity contribution is 0.217. The van der Waals surface area contributed by atoms with Crippen molar-refractivity contribution >= 4 is 17.4 Å². The van der Waals surface area contributed by atoms with Crippen molar-refractivity contribution in [3.8, 4) is 0 Å². The number of hydrogen-bond donors (Lipinski definition) is 3. The number of aliphatic hydroxyl groups is 1. The number of carbonyl (C=O) groups is 1. The highest BCUT2D eigenvalue weighted by Crippen LogP contribution is 2.23. The van der Waals surface area contributed by atoms with Gasteiger partial charge in [-0.05, 0) is 45.4 Å². The molecule has 1 heterocycles. The second-order valence-corrected chi connectivity index (χ2v) is 7.62. The molecule has 0 aliphatic rings. The van der Waals surface area contributed by atoms with E-state index in [0.717, 1.165) is 17.1 Å². The maximum Gasteiger partial charge on any atom is 0.315 e. The molecule has 1 aromatic rings. The van der Waals surface area contributed by atoms with Gasteiger partial charge in [0.2, 0.25) is 0 Å². The minimum atomic E-state index is -0.493. The molecule has 1 atom stereocenters. The second kappa shape index (κ2) is 8.48. The van der Waals surface area contributed by atoms with Crippen molar-refractivity contribution in [2.45, 2.75) is 53.0 Å². The molecule has 1 rings (SSSR count). The molecular weight excluding hydrogens is 298 g/mol. The average molecular weight is 327 g/mol. The number of nitrogens with zero attached hydrogens (tertiary/aromatic N) is 1. The number of urea groups is 1. The molecule has 5 nitrogen and oxygen atoms in total. The summed E-state index contributed by atoms with van der Waals surface area (Å²) in [4.78, 5) is 16.6. The molecule has 0 saturated heterocycles. The van der Waals surface area contributed by atoms with E-state index < -0.39 is 5.54 Å². The summed E-state index contributed by atoms with van der Waals surface area (Å²) in [5.74, 6) is 0.858. The van der Waals surface area contributed by atoms with Crippen LogP contribution in [0.3, 0.4) is 0 Å². The smallest absolute Gasteiger partial charge is 0.315 e. The predicted octanol–water partition coefficient (Wildman–Crippen LogP) is 3.03. The number of aromatic nitrogens is 1. The van der Waals surface area contributed by atoms with Gasteiger partial charge in [-0.3, -0.25) is 0 Å². The first-order valence-corrected chi connectivity index (χ1v) is 8.72. The molecule has 6 heteroatoms. The van der Waals surface area contributed by atoms with Gasteiger partial charge in [0, 0.05) is 24.2 Å². The molecule has 1 unspecified atom stereocenters. The van der Waals surface area contributed by atoms with Gasteiger partial charge in [0.05, 0.1) is 5.54 Å². The van der Waals surface area contributed by atoms with E-state index in [0.29, 0.717) is 24.8 Å². The Bertz CT molecular complexity index is 472. The zero-order valence-corrected chi connectivity index (χ0v) is 15.1. The van der Waals surface area contributed by atoms with Crippen LogP contribution in [0.15, 0.2) is 5.38 Å². The molecule has 0 aliphatic carbocycles. The van der Waals surface area contributed by atoms with Gasteiger partial charge in [0.25, 0.3) is 0 Å². The second-order valence-electron chi connectivity index (χ2n) is 6.76. The number of nitrogens with one attached hydrogen (secondary N) is 2. The summed E-state index contributed by atoms with van der Waals surface area (Å²) in [6.07, 6.45) is 1.71. The zero-order valence-electron chi connectivity index (χ0n) is 14.3. The number of carbonyl (C=O) groups excluding carboxylic acids is 1. The monoisotopic (exact) mass is 327 g/mol. The third-order valence-corrected chi connectivity index (χ3v) is 4.76. The van der Waals surface area contributed by atoms with Gasteiger partial charge in [0.1, 0.15) is 5.01 Å². The molecule has 0 spiro atoms. The quantitative estimate of drug-likeness (QED) is 0.687. The van der Waals surface area contributed by atoms with E-state index in [1.807, 2.05) is 26.2 Å². The van der Waals surface area contributed by atoms with Crippen molar-refractivity contribution in [1.82, 2.24) is 15.6 Å². The van der Waals surface area contributed by atoms with Gasteiger partial charge in [-0.1, -0.05) is 13.8 Å². The highest BCUT2D eigenvalue weighted by atomic mass is 32.1. The Labute approximate surface area is 137 Å². The lowest BCUT2D eigenvalue weighted by Crippen LogP contribution is -2.47. The first kappa shape index (κ1) is 18.9. The van der Waals surface area contributed by atoms with Crippen LogP contribution in [-0.4, -0.2) is 29.3 Å². The summed E-state index contributed by atoms with van der Waals surface area (Å²) < 4.78 is 0. The normalized spacial score (nSPS) is 13.2. The molecule has 0 radical (unpaired) electrons. The fourth-order valence-corrected chi connectivity index (χ4v) is 3.29. The van der Waals surface area contributed by atoms with Crippen molar-refractivity contribution in [2.24, 2.45) is 11.8 Å². The van der Waals surface area contributed by atoms with Crippen LogP contribution < -0.4 is 10.6 Å². The Morgan fingerprint density at radius 2 is 2.14 bits per heavy atom. The summed E-state index contributed by atoms with van der Waals surface area (Å²) in [6.45, 7) is 10.9. The summed E-state index contributed by atoms with van der Waals surface area (Å²) in [5, 5.41) is 17.9. The summed E-state index contributed by atoms with van der Waals surface area (Å²) >= 11 is 1.55. The number of aliphatic hydroxyl groups excluding tert-OH is 1. The van der Waals surface area contributed by atoms with Crippen LogP contribution in [0.5, 0.6) is 0 Å². The van der Waals surface area contributed by atoms with Crippen LogP contribution in [0.25, 0.3) is 0 Å². The minimum absolute atomic E-state index is 0.157. The summed E-state index contributed by atoms with van der Waals surface area (Å²) in [6, 6.07) is -0.190. The standard InChI is InChI=1S/C16H29N3O2S/c1-11(2)8-13(6-7-20)9-17-15(21)19-16(4,5)14-18-12(3)10-22-14/h10-11,13,20H,6-9H2,1-5H3,(H2,17,19,21). The molecular formula is C16H29N3O2S. The van der Waals surface area contributed by atoms with Crippen molar-refractivity contribution < 1.29 is 9.90 Å². The van der Waals surface area contributed by atoms with E-state index in [4.69, 9.17) is 5.11 Å². The Morgan fingerprint density at radius 3 is 2.64 bits per heavy atom. The molecule has 2 amide bonds. The van der Waals surface area contributed by atoms with Gasteiger partial charge in [-0.15, -0.1) is 11.3 Å². The zero-order chi connectivity index (χ0) is 16.8. The molecule has 0 aliphatic heterocycles. The van der Waals surface area contributed by atoms with E-state index in [2.05, 4.69) is 29.5 Å². The van der Waals surface area contributed by atoms with E-state index in [-0.39, 0.29) is 12.6 Å². The van der Waals surface area contributed by atoms with Gasteiger partial charge < -0.3 is 15.7 Å². The molecule has 22 heavy (non-hydrogen) atoms. The van der Waals surface area contributed by atoms with Crippen LogP contribution in [0.4, 0.5) is 4.79 Å². The molecule has 126 valence electrons. The topological polar surface area (TPSA) is 74.2 Å². The van der Waals surface area contributed by atoms with Crippen molar-refractivity contribution in [1.29, 1.82) is 0 Å². The number of aryl methyl sites for hydroxylation is 1. The lowest BCUT2D eigenvalue weighted by Gasteiger charge is -2.25. The SMILES string of the molecule is Cc1csc(C(C)(C)NC(=O)NCC(CCO)CC(C)C)n1. The number of hydrogen-bond acceptors (Lipinski definition) is 4. The molecule has 0 bridgehead atoms. The van der Waals surface area contributed by atoms with Gasteiger partial charge in [-0.25, -0.2) is 9.78 Å². The lowest BCUT2D eigenvalue weighted by atomic mass is 9.94. The first-order chi connectivity index (χ1) is 10.2. The molecule has 0 saturated carbocycles. The van der Waals surface area contributed by atoms with Crippen molar-refractivity contribution in [3.05, 3.63) is 16.1 Å². The maximum atomic E-state index is 12.1. The molecule has 1 aromatic heterocycles. The van der Waals surface area contributed by atoms with E-state index in [1.54, 1.807) is 11.3 Å². The van der Waals surface area contributed by atoms with Crippen LogP contribution >= 0.6 is 11.3 Å². The fourth-order valence-electron chi connectivity index (χ4n) is 2.41. The van der Waals surface area contributed by atoms with E-state index in [1.165, 1.54) is 0 Å². The Hall–Kier alpha value is -1.14. The van der Waals surface area contributed by atoms with Crippen LogP contribution in [0.2, 0.25) is 0 Å². The number of rotatable bonds is 8. The first-order valence-electron chi connectivity index (χ1n) is 7.84. The fraction of sp³-hybridized carbons (Fsp3) is 0.750. The Balaban J connectivity index is 2.50. The summed E-state index contributed by atoms with van der Waals surface area (Å²) in [5.41, 5.74) is 0.475. The Kier molecular flexibility index (Phi) is 7.29. The van der Waals surface area contributed by atoms with Crippen molar-refractivity contribution in [2.75, 3.05) is 13.2 Å². The van der Waals surface area contributed by atoms with Crippen LogP contribution in [0.1, 0.15) is 51.2 Å². The number of amides is 2. The minimum Gasteiger partial charge on any atom is -0.396 e. The Morgan fingerprint density at radius 1 is 1.45 bits per heavy atom. The van der Waals surface area contributed by atoms with Crippen molar-refractivity contribution in [3.63, 3.8) is 0 Å². The number of thiazole rings is 1. The maximum absolute atomic E-state index is 12.1. The van der Waals surface area contributed by atoms with Gasteiger partial charge >= 0.3 is 6.03 Å². The third-order valence-electron chi connectivity index (χ3n) is 3.47. The van der Waals surface area contributed by atoms with Crippen LogP contribution in [-0.2, 0) is 5.54 Å². The molecule has 3 N–H and O–H groups in total. The molecule has 0 fully saturated rings. The van der Waals surface area contributed by atoms with Crippen LogP contribution in [0, 0.1) is 18.8 Å². The summed E-state index contributed by atoms with van der Waals surface area (Å²) in [7, 11) is 0. The highest BCUT2D eigenvalue weighted by molar-refractivity contribution is 7.09. The average Bonchev–Trinajstić information content (AvgIpc) is 2.83. The van der Waals surface area contributed by atoms with Gasteiger partial charge in [-0.2, -0.15) is 0 Å². The van der Waals surface area contributed by atoms with E-state index >= 15 is 0 Å². The highest BCUT2D eigenvalue weighted by Gasteiger charge is 2.26. The van der Waals surface area contributed by atoms with E-state index in [9.17, 15) is 4.79 Å². The largest absolute Gasteiger partial charge is 0.396 e. The predicted molar refractivity (Wildman–Crippen MR) is 91.1 cm³/mol. The van der Waals surface area contributed by atoms with Gasteiger partial charge in [0.15, 0.2) is 0 Å².